The summed E-state index contributed by atoms with van der Waals surface area (Å²) >= 11 is 0. The number of rotatable bonds is 5. The first-order valence-corrected chi connectivity index (χ1v) is 7.53. The summed E-state index contributed by atoms with van der Waals surface area (Å²) in [7, 11) is 0. The van der Waals surface area contributed by atoms with Crippen LogP contribution in [-0.2, 0) is 4.79 Å². The molecule has 1 amide bonds. The Bertz CT molecular complexity index is 432. The van der Waals surface area contributed by atoms with Gasteiger partial charge >= 0.3 is 0 Å². The Morgan fingerprint density at radius 1 is 1.19 bits per heavy atom. The van der Waals surface area contributed by atoms with Crippen LogP contribution in [0.4, 0.5) is 5.69 Å². The molecule has 0 saturated carbocycles. The van der Waals surface area contributed by atoms with Gasteiger partial charge in [-0.05, 0) is 45.0 Å². The van der Waals surface area contributed by atoms with E-state index < -0.39 is 0 Å². The molecular weight excluding hydrogens is 288 g/mol. The van der Waals surface area contributed by atoms with Gasteiger partial charge in [0.25, 0.3) is 0 Å². The number of carbonyl (C=O) groups is 1. The van der Waals surface area contributed by atoms with Gasteiger partial charge in [0.05, 0.1) is 18.8 Å². The first-order chi connectivity index (χ1) is 9.79. The third-order valence-corrected chi connectivity index (χ3v) is 3.53. The number of carbonyl (C=O) groups excluding carboxylic acids is 1. The molecule has 21 heavy (non-hydrogen) atoms. The molecule has 0 bridgehead atoms. The highest BCUT2D eigenvalue weighted by Gasteiger charge is 2.14. The summed E-state index contributed by atoms with van der Waals surface area (Å²) in [6.45, 7) is 5.07. The highest BCUT2D eigenvalue weighted by Crippen LogP contribution is 2.23. The standard InChI is InChI=1S/C16H24N2O2.ClH/c1-2-20-15-10-6-5-9-14(15)17-16(19)13-18-11-7-3-4-8-12-18;/h5-6,9-10H,2-4,7-8,11-13H2,1H3,(H,17,19);1H/p-1. The average molecular weight is 312 g/mol. The van der Waals surface area contributed by atoms with Crippen LogP contribution in [0, 0.1) is 0 Å². The minimum atomic E-state index is 0. The second kappa shape index (κ2) is 9.64. The van der Waals surface area contributed by atoms with Gasteiger partial charge in [0, 0.05) is 0 Å². The summed E-state index contributed by atoms with van der Waals surface area (Å²) in [6.07, 6.45) is 4.96. The maximum atomic E-state index is 12.1. The molecule has 1 saturated heterocycles. The number of nitrogens with one attached hydrogen (secondary N) is 1. The number of ether oxygens (including phenoxy) is 1. The van der Waals surface area contributed by atoms with Crippen molar-refractivity contribution < 1.29 is 21.9 Å². The van der Waals surface area contributed by atoms with Gasteiger partial charge < -0.3 is 22.5 Å². The fraction of sp³-hybridized carbons (Fsp3) is 0.562. The Morgan fingerprint density at radius 3 is 2.52 bits per heavy atom. The van der Waals surface area contributed by atoms with Crippen molar-refractivity contribution >= 4 is 11.6 Å². The number of hydrogen-bond donors (Lipinski definition) is 1. The third kappa shape index (κ3) is 5.94. The molecule has 0 radical (unpaired) electrons. The summed E-state index contributed by atoms with van der Waals surface area (Å²) in [6, 6.07) is 7.58. The smallest absolute Gasteiger partial charge is 0.238 e. The SMILES string of the molecule is CCOc1ccccc1NC(=O)CN1CCCCCC1.[Cl-]. The molecule has 4 nitrogen and oxygen atoms in total. The summed E-state index contributed by atoms with van der Waals surface area (Å²) in [4.78, 5) is 14.4. The molecule has 5 heteroatoms. The fourth-order valence-electron chi connectivity index (χ4n) is 2.54. The van der Waals surface area contributed by atoms with Crippen molar-refractivity contribution in [1.82, 2.24) is 4.90 Å². The number of nitrogens with zero attached hydrogens (tertiary/aromatic N) is 1. The average Bonchev–Trinajstić information content (AvgIpc) is 2.70. The number of hydrogen-bond acceptors (Lipinski definition) is 3. The van der Waals surface area contributed by atoms with Gasteiger partial charge in [-0.25, -0.2) is 0 Å². The van der Waals surface area contributed by atoms with E-state index in [1.807, 2.05) is 31.2 Å². The topological polar surface area (TPSA) is 41.6 Å². The van der Waals surface area contributed by atoms with Gasteiger partial charge in [-0.1, -0.05) is 25.0 Å². The van der Waals surface area contributed by atoms with E-state index in [1.165, 1.54) is 25.7 Å². The molecule has 0 aliphatic carbocycles. The second-order valence-corrected chi connectivity index (χ2v) is 5.17. The highest BCUT2D eigenvalue weighted by atomic mass is 35.5. The summed E-state index contributed by atoms with van der Waals surface area (Å²) in [5.74, 6) is 0.776. The van der Waals surface area contributed by atoms with E-state index in [2.05, 4.69) is 10.2 Å². The van der Waals surface area contributed by atoms with Crippen molar-refractivity contribution in [2.24, 2.45) is 0 Å². The molecule has 0 atom stereocenters. The monoisotopic (exact) mass is 311 g/mol. The minimum absolute atomic E-state index is 0. The van der Waals surface area contributed by atoms with E-state index in [-0.39, 0.29) is 18.3 Å². The largest absolute Gasteiger partial charge is 1.00 e. The Hall–Kier alpha value is -1.26. The number of benzene rings is 1. The lowest BCUT2D eigenvalue weighted by Gasteiger charge is -2.19. The first-order valence-electron chi connectivity index (χ1n) is 7.53. The molecule has 0 aromatic heterocycles. The van der Waals surface area contributed by atoms with Crippen molar-refractivity contribution in [3.05, 3.63) is 24.3 Å². The van der Waals surface area contributed by atoms with Crippen LogP contribution in [0.25, 0.3) is 0 Å². The molecule has 1 aromatic rings. The van der Waals surface area contributed by atoms with Gasteiger partial charge in [0.1, 0.15) is 5.75 Å². The molecule has 2 rings (SSSR count). The predicted octanol–water partition coefficient (Wildman–Crippen LogP) is -0.0962. The van der Waals surface area contributed by atoms with Gasteiger partial charge in [-0.2, -0.15) is 0 Å². The van der Waals surface area contributed by atoms with Crippen LogP contribution >= 0.6 is 0 Å². The Kier molecular flexibility index (Phi) is 8.16. The molecule has 118 valence electrons. The summed E-state index contributed by atoms with van der Waals surface area (Å²) < 4.78 is 5.52. The Labute approximate surface area is 133 Å². The van der Waals surface area contributed by atoms with Crippen LogP contribution in [0.2, 0.25) is 0 Å². The van der Waals surface area contributed by atoms with Crippen molar-refractivity contribution in [2.45, 2.75) is 32.6 Å². The van der Waals surface area contributed by atoms with E-state index in [1.54, 1.807) is 0 Å². The minimum Gasteiger partial charge on any atom is -1.00 e. The molecule has 1 N–H and O–H groups in total. The van der Waals surface area contributed by atoms with E-state index in [0.29, 0.717) is 13.2 Å². The number of halogens is 1. The van der Waals surface area contributed by atoms with Crippen LogP contribution in [0.1, 0.15) is 32.6 Å². The zero-order valence-corrected chi connectivity index (χ0v) is 13.4. The molecule has 1 fully saturated rings. The maximum absolute atomic E-state index is 12.1. The van der Waals surface area contributed by atoms with Gasteiger partial charge in [-0.3, -0.25) is 9.69 Å². The molecular formula is C16H24ClN2O2-. The van der Waals surface area contributed by atoms with Crippen molar-refractivity contribution in [3.8, 4) is 5.75 Å². The number of likely N-dealkylation sites (tertiary alicyclic amines) is 1. The predicted molar refractivity (Wildman–Crippen MR) is 81.1 cm³/mol. The molecule has 1 aromatic carbocycles. The lowest BCUT2D eigenvalue weighted by atomic mass is 10.2. The number of anilines is 1. The molecule has 0 spiro atoms. The maximum Gasteiger partial charge on any atom is 0.238 e. The van der Waals surface area contributed by atoms with E-state index in [0.717, 1.165) is 24.5 Å². The van der Waals surface area contributed by atoms with Gasteiger partial charge in [0.15, 0.2) is 0 Å². The lowest BCUT2D eigenvalue weighted by Crippen LogP contribution is -3.00. The second-order valence-electron chi connectivity index (χ2n) is 5.17. The van der Waals surface area contributed by atoms with Crippen molar-refractivity contribution in [2.75, 3.05) is 31.6 Å². The van der Waals surface area contributed by atoms with Crippen molar-refractivity contribution in [3.63, 3.8) is 0 Å². The van der Waals surface area contributed by atoms with E-state index in [9.17, 15) is 4.79 Å². The van der Waals surface area contributed by atoms with Crippen LogP contribution in [0.5, 0.6) is 5.75 Å². The van der Waals surface area contributed by atoms with Gasteiger partial charge in [-0.15, -0.1) is 0 Å². The first kappa shape index (κ1) is 17.8. The third-order valence-electron chi connectivity index (χ3n) is 3.53. The normalized spacial score (nSPS) is 15.7. The summed E-state index contributed by atoms with van der Waals surface area (Å²) in [5, 5.41) is 2.96. The van der Waals surface area contributed by atoms with Crippen LogP contribution in [-0.4, -0.2) is 37.0 Å². The van der Waals surface area contributed by atoms with Crippen LogP contribution < -0.4 is 22.5 Å². The zero-order chi connectivity index (χ0) is 14.2. The van der Waals surface area contributed by atoms with Gasteiger partial charge in [0.2, 0.25) is 5.91 Å². The molecule has 1 aliphatic rings. The lowest BCUT2D eigenvalue weighted by molar-refractivity contribution is -0.117. The Morgan fingerprint density at radius 2 is 1.86 bits per heavy atom. The molecule has 1 heterocycles. The van der Waals surface area contributed by atoms with Crippen LogP contribution in [0.3, 0.4) is 0 Å². The Balaban J connectivity index is 0.00000220. The quantitative estimate of drug-likeness (QED) is 0.826. The van der Waals surface area contributed by atoms with Crippen molar-refractivity contribution in [1.29, 1.82) is 0 Å². The van der Waals surface area contributed by atoms with E-state index in [4.69, 9.17) is 4.74 Å². The molecule has 0 unspecified atom stereocenters. The number of para-hydroxylation sites is 2. The zero-order valence-electron chi connectivity index (χ0n) is 12.6. The number of amides is 1. The van der Waals surface area contributed by atoms with E-state index >= 15 is 0 Å². The van der Waals surface area contributed by atoms with Crippen LogP contribution in [0.15, 0.2) is 24.3 Å². The molecule has 1 aliphatic heterocycles. The fourth-order valence-corrected chi connectivity index (χ4v) is 2.54. The summed E-state index contributed by atoms with van der Waals surface area (Å²) in [5.41, 5.74) is 0.758. The highest BCUT2D eigenvalue weighted by molar-refractivity contribution is 5.93.